The van der Waals surface area contributed by atoms with E-state index in [2.05, 4.69) is 5.32 Å². The van der Waals surface area contributed by atoms with E-state index in [1.54, 1.807) is 0 Å². The Morgan fingerprint density at radius 2 is 2.06 bits per heavy atom. The van der Waals surface area contributed by atoms with Crippen LogP contribution >= 0.6 is 11.8 Å². The van der Waals surface area contributed by atoms with Gasteiger partial charge in [0.25, 0.3) is 0 Å². The fourth-order valence-corrected chi connectivity index (χ4v) is 2.61. The normalized spacial score (nSPS) is 21.4. The number of alkyl halides is 3. The van der Waals surface area contributed by atoms with Gasteiger partial charge in [0, 0.05) is 12.3 Å². The van der Waals surface area contributed by atoms with Gasteiger partial charge in [0.2, 0.25) is 0 Å². The van der Waals surface area contributed by atoms with Gasteiger partial charge in [-0.25, -0.2) is 4.39 Å². The molecule has 1 aliphatic rings. The Kier molecular flexibility index (Phi) is 3.12. The first kappa shape index (κ1) is 11.7. The molecule has 0 saturated carbocycles. The molecule has 0 radical (unpaired) electrons. The van der Waals surface area contributed by atoms with Crippen molar-refractivity contribution in [2.45, 2.75) is 11.6 Å². The fourth-order valence-electron chi connectivity index (χ4n) is 1.56. The number of hydrogen-bond donors (Lipinski definition) is 1. The SMILES string of the molecule is Fc1ccc([C@H]2NCCS2)cc1C(F)(F)F. The summed E-state index contributed by atoms with van der Waals surface area (Å²) >= 11 is 1.52. The van der Waals surface area contributed by atoms with Crippen LogP contribution in [0.5, 0.6) is 0 Å². The molecule has 0 amide bonds. The maximum atomic E-state index is 13.0. The molecule has 1 atom stereocenters. The minimum absolute atomic E-state index is 0.165. The Bertz CT molecular complexity index is 385. The highest BCUT2D eigenvalue weighted by Crippen LogP contribution is 2.36. The molecule has 2 rings (SSSR count). The lowest BCUT2D eigenvalue weighted by atomic mass is 10.1. The van der Waals surface area contributed by atoms with Crippen LogP contribution in [-0.4, -0.2) is 12.3 Å². The molecular weight excluding hydrogens is 242 g/mol. The third kappa shape index (κ3) is 2.32. The zero-order valence-electron chi connectivity index (χ0n) is 8.14. The van der Waals surface area contributed by atoms with Crippen molar-refractivity contribution < 1.29 is 17.6 Å². The third-order valence-electron chi connectivity index (χ3n) is 2.31. The van der Waals surface area contributed by atoms with Crippen molar-refractivity contribution in [3.05, 3.63) is 35.1 Å². The van der Waals surface area contributed by atoms with Crippen LogP contribution in [0.25, 0.3) is 0 Å². The summed E-state index contributed by atoms with van der Waals surface area (Å²) in [4.78, 5) is 0. The second-order valence-electron chi connectivity index (χ2n) is 3.44. The minimum Gasteiger partial charge on any atom is -0.301 e. The predicted octanol–water partition coefficient (Wildman–Crippen LogP) is 3.18. The molecule has 6 heteroatoms. The van der Waals surface area contributed by atoms with Crippen molar-refractivity contribution in [3.63, 3.8) is 0 Å². The van der Waals surface area contributed by atoms with Gasteiger partial charge in [-0.05, 0) is 17.7 Å². The number of thioether (sulfide) groups is 1. The van der Waals surface area contributed by atoms with Crippen molar-refractivity contribution in [2.24, 2.45) is 0 Å². The number of hydrogen-bond acceptors (Lipinski definition) is 2. The molecule has 0 unspecified atom stereocenters. The zero-order valence-corrected chi connectivity index (χ0v) is 8.96. The van der Waals surface area contributed by atoms with Gasteiger partial charge < -0.3 is 5.32 Å². The van der Waals surface area contributed by atoms with Gasteiger partial charge in [-0.2, -0.15) is 13.2 Å². The number of halogens is 4. The fraction of sp³-hybridized carbons (Fsp3) is 0.400. The molecule has 1 N–H and O–H groups in total. The molecular formula is C10H9F4NS. The minimum atomic E-state index is -4.64. The molecule has 0 aromatic heterocycles. The highest BCUT2D eigenvalue weighted by atomic mass is 32.2. The van der Waals surface area contributed by atoms with Gasteiger partial charge in [0.15, 0.2) is 0 Å². The van der Waals surface area contributed by atoms with Crippen LogP contribution in [0.4, 0.5) is 17.6 Å². The molecule has 0 bridgehead atoms. The van der Waals surface area contributed by atoms with E-state index in [1.165, 1.54) is 17.8 Å². The van der Waals surface area contributed by atoms with Crippen molar-refractivity contribution in [1.29, 1.82) is 0 Å². The molecule has 1 aromatic carbocycles. The van der Waals surface area contributed by atoms with Gasteiger partial charge in [0.1, 0.15) is 5.82 Å². The first-order chi connectivity index (χ1) is 7.48. The first-order valence-electron chi connectivity index (χ1n) is 4.70. The Labute approximate surface area is 94.2 Å². The van der Waals surface area contributed by atoms with Crippen molar-refractivity contribution >= 4 is 11.8 Å². The van der Waals surface area contributed by atoms with Gasteiger partial charge in [-0.3, -0.25) is 0 Å². The van der Waals surface area contributed by atoms with Gasteiger partial charge in [-0.15, -0.1) is 11.8 Å². The summed E-state index contributed by atoms with van der Waals surface area (Å²) < 4.78 is 50.4. The van der Waals surface area contributed by atoms with Crippen LogP contribution in [0.1, 0.15) is 16.5 Å². The summed E-state index contributed by atoms with van der Waals surface area (Å²) in [5.74, 6) is -0.372. The van der Waals surface area contributed by atoms with Crippen molar-refractivity contribution in [2.75, 3.05) is 12.3 Å². The van der Waals surface area contributed by atoms with E-state index in [1.807, 2.05) is 0 Å². The molecule has 1 heterocycles. The molecule has 0 spiro atoms. The summed E-state index contributed by atoms with van der Waals surface area (Å²) in [5, 5.41) is 2.88. The van der Waals surface area contributed by atoms with Crippen molar-refractivity contribution in [1.82, 2.24) is 5.32 Å². The Hall–Kier alpha value is -0.750. The van der Waals surface area contributed by atoms with Crippen LogP contribution in [-0.2, 0) is 6.18 Å². The Balaban J connectivity index is 2.35. The van der Waals surface area contributed by atoms with E-state index in [-0.39, 0.29) is 5.37 Å². The van der Waals surface area contributed by atoms with Gasteiger partial charge in [0.05, 0.1) is 10.9 Å². The molecule has 1 aromatic rings. The van der Waals surface area contributed by atoms with Crippen molar-refractivity contribution in [3.8, 4) is 0 Å². The van der Waals surface area contributed by atoms with E-state index in [0.717, 1.165) is 24.4 Å². The lowest BCUT2D eigenvalue weighted by Crippen LogP contribution is -2.14. The molecule has 1 fully saturated rings. The molecule has 0 aliphatic carbocycles. The highest BCUT2D eigenvalue weighted by molar-refractivity contribution is 7.99. The van der Waals surface area contributed by atoms with Crippen LogP contribution in [0.3, 0.4) is 0 Å². The number of nitrogens with one attached hydrogen (secondary N) is 1. The van der Waals surface area contributed by atoms with Crippen LogP contribution in [0.2, 0.25) is 0 Å². The van der Waals surface area contributed by atoms with E-state index in [0.29, 0.717) is 5.56 Å². The van der Waals surface area contributed by atoms with E-state index in [4.69, 9.17) is 0 Å². The summed E-state index contributed by atoms with van der Waals surface area (Å²) in [7, 11) is 0. The van der Waals surface area contributed by atoms with E-state index < -0.39 is 17.6 Å². The van der Waals surface area contributed by atoms with Crippen LogP contribution in [0.15, 0.2) is 18.2 Å². The highest BCUT2D eigenvalue weighted by Gasteiger charge is 2.35. The van der Waals surface area contributed by atoms with E-state index in [9.17, 15) is 17.6 Å². The summed E-state index contributed by atoms with van der Waals surface area (Å²) in [5.41, 5.74) is -0.726. The first-order valence-corrected chi connectivity index (χ1v) is 5.75. The van der Waals surface area contributed by atoms with E-state index >= 15 is 0 Å². The topological polar surface area (TPSA) is 12.0 Å². The smallest absolute Gasteiger partial charge is 0.301 e. The second-order valence-corrected chi connectivity index (χ2v) is 4.65. The van der Waals surface area contributed by atoms with Crippen LogP contribution in [0, 0.1) is 5.82 Å². The lowest BCUT2D eigenvalue weighted by Gasteiger charge is -2.13. The molecule has 1 nitrogen and oxygen atoms in total. The summed E-state index contributed by atoms with van der Waals surface area (Å²) in [6.45, 7) is 0.758. The average Bonchev–Trinajstić information content (AvgIpc) is 2.69. The number of benzene rings is 1. The largest absolute Gasteiger partial charge is 0.419 e. The zero-order chi connectivity index (χ0) is 11.8. The lowest BCUT2D eigenvalue weighted by molar-refractivity contribution is -0.140. The van der Waals surface area contributed by atoms with Gasteiger partial charge in [-0.1, -0.05) is 6.07 Å². The summed E-state index contributed by atoms with van der Waals surface area (Å²) in [6, 6.07) is 3.14. The maximum Gasteiger partial charge on any atom is 0.419 e. The monoisotopic (exact) mass is 251 g/mol. The Morgan fingerprint density at radius 3 is 2.62 bits per heavy atom. The molecule has 1 saturated heterocycles. The van der Waals surface area contributed by atoms with Crippen LogP contribution < -0.4 is 5.32 Å². The summed E-state index contributed by atoms with van der Waals surface area (Å²) in [6.07, 6.45) is -4.64. The van der Waals surface area contributed by atoms with Gasteiger partial charge >= 0.3 is 6.18 Å². The molecule has 16 heavy (non-hydrogen) atoms. The quantitative estimate of drug-likeness (QED) is 0.769. The second kappa shape index (κ2) is 4.25. The average molecular weight is 251 g/mol. The predicted molar refractivity (Wildman–Crippen MR) is 54.6 cm³/mol. The standard InChI is InChI=1S/C10H9F4NS/c11-8-2-1-6(9-15-3-4-16-9)5-7(8)10(12,13)14/h1-2,5,9,15H,3-4H2/t9-/m0/s1. The third-order valence-corrected chi connectivity index (χ3v) is 3.53. The Morgan fingerprint density at radius 1 is 1.31 bits per heavy atom. The molecule has 1 aliphatic heterocycles. The maximum absolute atomic E-state index is 13.0. The molecule has 88 valence electrons. The number of rotatable bonds is 1.